The molecule has 1 aromatic heterocycles. The summed E-state index contributed by atoms with van der Waals surface area (Å²) in [6, 6.07) is 6.05. The molecule has 164 valence electrons. The first-order valence-electron chi connectivity index (χ1n) is 10.6. The summed E-state index contributed by atoms with van der Waals surface area (Å²) in [5.41, 5.74) is 4.11. The minimum Gasteiger partial charge on any atom is -0.481 e. The van der Waals surface area contributed by atoms with Crippen LogP contribution in [-0.2, 0) is 14.3 Å². The number of amides is 1. The Kier molecular flexibility index (Phi) is 5.64. The predicted molar refractivity (Wildman–Crippen MR) is 119 cm³/mol. The summed E-state index contributed by atoms with van der Waals surface area (Å²) < 4.78 is 5.06. The fourth-order valence-corrected chi connectivity index (χ4v) is 6.54. The lowest BCUT2D eigenvalue weighted by atomic mass is 9.78. The fraction of sp³-hybridized carbons (Fsp3) is 0.458. The Bertz CT molecular complexity index is 1070. The number of carbonyl (C=O) groups excluding carboxylic acids is 2. The zero-order valence-electron chi connectivity index (χ0n) is 18.2. The number of hydrogen-bond donors (Lipinski definition) is 2. The second kappa shape index (κ2) is 8.11. The van der Waals surface area contributed by atoms with Crippen LogP contribution >= 0.6 is 11.3 Å². The molecule has 4 rings (SSSR count). The SMILES string of the molecule is COC(=O)c1c(NC(=O)[C@H]2[C@@H]3CC[C@@H](C3)[C@@H]2C(=O)O)sc(C)c1-c1cc(C)ccc1C. The summed E-state index contributed by atoms with van der Waals surface area (Å²) in [6.07, 6.45) is 2.54. The standard InChI is InChI=1S/C24H27NO5S/c1-11-5-6-12(2)16(9-11)17-13(3)31-22(20(17)24(29)30-4)25-21(26)18-14-7-8-15(10-14)19(18)23(27)28/h5-6,9,14-15,18-19H,7-8,10H2,1-4H3,(H,25,26)(H,27,28)/t14-,15+,18+,19+/m1/s1. The highest BCUT2D eigenvalue weighted by Crippen LogP contribution is 2.53. The van der Waals surface area contributed by atoms with Crippen LogP contribution in [0.25, 0.3) is 11.1 Å². The van der Waals surface area contributed by atoms with Gasteiger partial charge in [-0.05, 0) is 63.0 Å². The van der Waals surface area contributed by atoms with E-state index in [1.807, 2.05) is 39.0 Å². The van der Waals surface area contributed by atoms with E-state index in [9.17, 15) is 19.5 Å². The molecule has 31 heavy (non-hydrogen) atoms. The lowest BCUT2D eigenvalue weighted by molar-refractivity contribution is -0.148. The molecule has 1 heterocycles. The average molecular weight is 442 g/mol. The van der Waals surface area contributed by atoms with E-state index in [0.717, 1.165) is 46.4 Å². The van der Waals surface area contributed by atoms with Gasteiger partial charge in [-0.3, -0.25) is 9.59 Å². The Morgan fingerprint density at radius 3 is 2.42 bits per heavy atom. The van der Waals surface area contributed by atoms with E-state index in [-0.39, 0.29) is 17.7 Å². The average Bonchev–Trinajstić information content (AvgIpc) is 3.42. The van der Waals surface area contributed by atoms with E-state index >= 15 is 0 Å². The number of fused-ring (bicyclic) bond motifs is 2. The number of aryl methyl sites for hydroxylation is 3. The molecule has 0 radical (unpaired) electrons. The number of thiophene rings is 1. The highest BCUT2D eigenvalue weighted by molar-refractivity contribution is 7.17. The number of carbonyl (C=O) groups is 3. The number of methoxy groups -OCH3 is 1. The van der Waals surface area contributed by atoms with E-state index in [1.54, 1.807) is 0 Å². The van der Waals surface area contributed by atoms with Crippen LogP contribution in [0, 0.1) is 44.4 Å². The molecule has 2 aliphatic carbocycles. The maximum absolute atomic E-state index is 13.2. The normalized spacial score (nSPS) is 24.3. The number of anilines is 1. The summed E-state index contributed by atoms with van der Waals surface area (Å²) in [6.45, 7) is 5.89. The quantitative estimate of drug-likeness (QED) is 0.650. The van der Waals surface area contributed by atoms with Crippen LogP contribution in [0.1, 0.15) is 45.6 Å². The molecular formula is C24H27NO5S. The third-order valence-corrected chi connectivity index (χ3v) is 7.90. The number of carboxylic acid groups (broad SMARTS) is 1. The number of ether oxygens (including phenoxy) is 1. The maximum Gasteiger partial charge on any atom is 0.341 e. The largest absolute Gasteiger partial charge is 0.481 e. The van der Waals surface area contributed by atoms with Gasteiger partial charge in [0.05, 0.1) is 18.9 Å². The highest BCUT2D eigenvalue weighted by atomic mass is 32.1. The molecule has 6 nitrogen and oxygen atoms in total. The van der Waals surface area contributed by atoms with E-state index in [4.69, 9.17) is 4.74 Å². The second-order valence-corrected chi connectivity index (χ2v) is 9.98. The number of aliphatic carboxylic acids is 1. The van der Waals surface area contributed by atoms with Crippen LogP contribution in [0.2, 0.25) is 0 Å². The molecular weight excluding hydrogens is 414 g/mol. The van der Waals surface area contributed by atoms with Gasteiger partial charge in [-0.15, -0.1) is 11.3 Å². The van der Waals surface area contributed by atoms with Gasteiger partial charge in [-0.25, -0.2) is 4.79 Å². The molecule has 1 amide bonds. The molecule has 7 heteroatoms. The Labute approximate surface area is 185 Å². The van der Waals surface area contributed by atoms with Gasteiger partial charge in [-0.1, -0.05) is 23.8 Å². The summed E-state index contributed by atoms with van der Waals surface area (Å²) in [5, 5.41) is 13.0. The molecule has 0 spiro atoms. The summed E-state index contributed by atoms with van der Waals surface area (Å²) in [5.74, 6) is -2.79. The molecule has 2 fully saturated rings. The molecule has 1 aromatic carbocycles. The van der Waals surface area contributed by atoms with Crippen molar-refractivity contribution < 1.29 is 24.2 Å². The number of benzene rings is 1. The minimum absolute atomic E-state index is 0.0638. The van der Waals surface area contributed by atoms with Crippen LogP contribution in [-0.4, -0.2) is 30.1 Å². The van der Waals surface area contributed by atoms with Gasteiger partial charge in [0, 0.05) is 10.4 Å². The van der Waals surface area contributed by atoms with Crippen molar-refractivity contribution in [2.45, 2.75) is 40.0 Å². The highest BCUT2D eigenvalue weighted by Gasteiger charge is 2.54. The van der Waals surface area contributed by atoms with Crippen molar-refractivity contribution in [2.75, 3.05) is 12.4 Å². The second-order valence-electron chi connectivity index (χ2n) is 8.76. The number of hydrogen-bond acceptors (Lipinski definition) is 5. The van der Waals surface area contributed by atoms with Crippen LogP contribution < -0.4 is 5.32 Å². The molecule has 4 atom stereocenters. The van der Waals surface area contributed by atoms with Crippen molar-refractivity contribution in [3.8, 4) is 11.1 Å². The number of nitrogens with one attached hydrogen (secondary N) is 1. The fourth-order valence-electron chi connectivity index (χ4n) is 5.48. The molecule has 2 N–H and O–H groups in total. The number of rotatable bonds is 5. The predicted octanol–water partition coefficient (Wildman–Crippen LogP) is 4.81. The van der Waals surface area contributed by atoms with Gasteiger partial charge < -0.3 is 15.2 Å². The molecule has 0 saturated heterocycles. The van der Waals surface area contributed by atoms with Gasteiger partial charge in [-0.2, -0.15) is 0 Å². The first-order chi connectivity index (χ1) is 14.7. The molecule has 2 saturated carbocycles. The van der Waals surface area contributed by atoms with Gasteiger partial charge in [0.25, 0.3) is 0 Å². The maximum atomic E-state index is 13.2. The minimum atomic E-state index is -0.904. The van der Waals surface area contributed by atoms with Crippen LogP contribution in [0.5, 0.6) is 0 Å². The van der Waals surface area contributed by atoms with E-state index in [1.165, 1.54) is 18.4 Å². The summed E-state index contributed by atoms with van der Waals surface area (Å²) >= 11 is 1.33. The Hall–Kier alpha value is -2.67. The van der Waals surface area contributed by atoms with Crippen molar-refractivity contribution in [1.82, 2.24) is 0 Å². The van der Waals surface area contributed by atoms with E-state index in [2.05, 4.69) is 5.32 Å². The van der Waals surface area contributed by atoms with Crippen LogP contribution in [0.4, 0.5) is 5.00 Å². The van der Waals surface area contributed by atoms with Gasteiger partial charge in [0.1, 0.15) is 10.6 Å². The van der Waals surface area contributed by atoms with Crippen molar-refractivity contribution in [2.24, 2.45) is 23.7 Å². The molecule has 0 unspecified atom stereocenters. The molecule has 2 aromatic rings. The van der Waals surface area contributed by atoms with E-state index in [0.29, 0.717) is 10.6 Å². The van der Waals surface area contributed by atoms with Crippen molar-refractivity contribution in [3.63, 3.8) is 0 Å². The topological polar surface area (TPSA) is 92.7 Å². The number of esters is 1. The van der Waals surface area contributed by atoms with Gasteiger partial charge >= 0.3 is 11.9 Å². The van der Waals surface area contributed by atoms with E-state index < -0.39 is 23.8 Å². The van der Waals surface area contributed by atoms with Gasteiger partial charge in [0.2, 0.25) is 5.91 Å². The number of carboxylic acids is 1. The zero-order valence-corrected chi connectivity index (χ0v) is 19.0. The van der Waals surface area contributed by atoms with Crippen molar-refractivity contribution in [3.05, 3.63) is 39.8 Å². The Morgan fingerprint density at radius 1 is 1.10 bits per heavy atom. The first-order valence-corrected chi connectivity index (χ1v) is 11.4. The third kappa shape index (κ3) is 3.65. The third-order valence-electron chi connectivity index (χ3n) is 6.88. The molecule has 2 aliphatic rings. The van der Waals surface area contributed by atoms with Crippen molar-refractivity contribution >= 4 is 34.2 Å². The monoisotopic (exact) mass is 441 g/mol. The summed E-state index contributed by atoms with van der Waals surface area (Å²) in [4.78, 5) is 38.8. The van der Waals surface area contributed by atoms with Crippen LogP contribution in [0.15, 0.2) is 18.2 Å². The lowest BCUT2D eigenvalue weighted by Gasteiger charge is -2.26. The zero-order chi connectivity index (χ0) is 22.4. The Morgan fingerprint density at radius 2 is 1.77 bits per heavy atom. The first kappa shape index (κ1) is 21.6. The van der Waals surface area contributed by atoms with Gasteiger partial charge in [0.15, 0.2) is 0 Å². The van der Waals surface area contributed by atoms with Crippen LogP contribution in [0.3, 0.4) is 0 Å². The molecule has 2 bridgehead atoms. The molecule has 0 aliphatic heterocycles. The van der Waals surface area contributed by atoms with Crippen molar-refractivity contribution in [1.29, 1.82) is 0 Å². The lowest BCUT2D eigenvalue weighted by Crippen LogP contribution is -2.37. The smallest absolute Gasteiger partial charge is 0.341 e. The summed E-state index contributed by atoms with van der Waals surface area (Å²) in [7, 11) is 1.32. The Balaban J connectivity index is 1.74.